The molecule has 0 aliphatic rings. The zero-order valence-corrected chi connectivity index (χ0v) is 13.2. The van der Waals surface area contributed by atoms with Crippen molar-refractivity contribution in [1.82, 2.24) is 4.98 Å². The van der Waals surface area contributed by atoms with Gasteiger partial charge in [0.05, 0.1) is 5.69 Å². The molecular weight excluding hydrogens is 308 g/mol. The van der Waals surface area contributed by atoms with E-state index in [2.05, 4.69) is 9.71 Å². The molecule has 110 valence electrons. The molecule has 0 saturated carbocycles. The van der Waals surface area contributed by atoms with Gasteiger partial charge < -0.3 is 4.42 Å². The van der Waals surface area contributed by atoms with Gasteiger partial charge in [0.25, 0.3) is 10.0 Å². The van der Waals surface area contributed by atoms with E-state index in [-0.39, 0.29) is 0 Å². The Balaban J connectivity index is 1.92. The number of rotatable bonds is 4. The van der Waals surface area contributed by atoms with Gasteiger partial charge in [-0.2, -0.15) is 0 Å². The van der Waals surface area contributed by atoms with Crippen LogP contribution in [0.4, 0.5) is 5.69 Å². The molecule has 0 amide bonds. The number of aryl methyl sites for hydroxylation is 2. The van der Waals surface area contributed by atoms with E-state index < -0.39 is 10.0 Å². The van der Waals surface area contributed by atoms with Crippen LogP contribution in [-0.2, 0) is 16.4 Å². The molecule has 0 spiro atoms. The fourth-order valence-electron chi connectivity index (χ4n) is 2.00. The Bertz CT molecular complexity index is 894. The molecule has 0 radical (unpaired) electrons. The maximum absolute atomic E-state index is 12.3. The molecule has 5 nitrogen and oxygen atoms in total. The molecule has 2 aromatic heterocycles. The molecule has 3 rings (SSSR count). The van der Waals surface area contributed by atoms with Crippen molar-refractivity contribution < 1.29 is 12.8 Å². The number of nitrogens with zero attached hydrogens (tertiary/aromatic N) is 1. The van der Waals surface area contributed by atoms with Crippen molar-refractivity contribution in [3.05, 3.63) is 41.1 Å². The van der Waals surface area contributed by atoms with E-state index in [4.69, 9.17) is 4.42 Å². The first-order valence-electron chi connectivity index (χ1n) is 6.46. The molecule has 0 aliphatic carbocycles. The number of sulfonamides is 1. The predicted octanol–water partition coefficient (Wildman–Crippen LogP) is 3.56. The summed E-state index contributed by atoms with van der Waals surface area (Å²) in [4.78, 5) is 5.23. The lowest BCUT2D eigenvalue weighted by Crippen LogP contribution is -2.11. The van der Waals surface area contributed by atoms with Gasteiger partial charge in [-0.1, -0.05) is 6.92 Å². The van der Waals surface area contributed by atoms with Gasteiger partial charge in [0, 0.05) is 11.8 Å². The lowest BCUT2D eigenvalue weighted by atomic mass is 10.3. The molecule has 1 N–H and O–H groups in total. The van der Waals surface area contributed by atoms with Crippen LogP contribution >= 0.6 is 11.3 Å². The Kier molecular flexibility index (Phi) is 3.46. The van der Waals surface area contributed by atoms with E-state index >= 15 is 0 Å². The molecule has 0 saturated heterocycles. The van der Waals surface area contributed by atoms with Crippen LogP contribution in [0.25, 0.3) is 11.1 Å². The molecule has 0 fully saturated rings. The van der Waals surface area contributed by atoms with Crippen LogP contribution in [0.2, 0.25) is 0 Å². The summed E-state index contributed by atoms with van der Waals surface area (Å²) in [5.74, 6) is 0.552. The average Bonchev–Trinajstić information content (AvgIpc) is 3.03. The van der Waals surface area contributed by atoms with Gasteiger partial charge in [0.15, 0.2) is 11.5 Å². The van der Waals surface area contributed by atoms with Gasteiger partial charge in [-0.15, -0.1) is 11.3 Å². The maximum atomic E-state index is 12.3. The van der Waals surface area contributed by atoms with E-state index in [0.29, 0.717) is 26.9 Å². The minimum absolute atomic E-state index is 0.316. The van der Waals surface area contributed by atoms with Crippen LogP contribution < -0.4 is 4.72 Å². The predicted molar refractivity (Wildman–Crippen MR) is 83.3 cm³/mol. The van der Waals surface area contributed by atoms with Crippen LogP contribution in [0, 0.1) is 6.92 Å². The second kappa shape index (κ2) is 5.16. The largest absolute Gasteiger partial charge is 0.441 e. The average molecular weight is 322 g/mol. The summed E-state index contributed by atoms with van der Waals surface area (Å²) in [5, 5.41) is 0. The number of hydrogen-bond donors (Lipinski definition) is 1. The fourth-order valence-corrected chi connectivity index (χ4v) is 4.35. The highest BCUT2D eigenvalue weighted by Crippen LogP contribution is 2.26. The first kappa shape index (κ1) is 14.1. The van der Waals surface area contributed by atoms with Gasteiger partial charge in [-0.25, -0.2) is 13.4 Å². The topological polar surface area (TPSA) is 72.2 Å². The third-order valence-corrected chi connectivity index (χ3v) is 6.10. The Morgan fingerprint density at radius 2 is 2.10 bits per heavy atom. The summed E-state index contributed by atoms with van der Waals surface area (Å²) in [5.41, 5.74) is 1.75. The van der Waals surface area contributed by atoms with Crippen molar-refractivity contribution in [2.24, 2.45) is 0 Å². The first-order chi connectivity index (χ1) is 9.98. The second-order valence-corrected chi connectivity index (χ2v) is 7.67. The molecule has 21 heavy (non-hydrogen) atoms. The zero-order valence-electron chi connectivity index (χ0n) is 11.6. The zero-order chi connectivity index (χ0) is 15.0. The van der Waals surface area contributed by atoms with E-state index in [0.717, 1.165) is 11.3 Å². The van der Waals surface area contributed by atoms with Crippen LogP contribution in [-0.4, -0.2) is 13.4 Å². The summed E-state index contributed by atoms with van der Waals surface area (Å²) in [6, 6.07) is 8.50. The Labute approximate surface area is 126 Å². The van der Waals surface area contributed by atoms with Crippen LogP contribution in [0.3, 0.4) is 0 Å². The molecule has 7 heteroatoms. The molecule has 0 aliphatic heterocycles. The van der Waals surface area contributed by atoms with Gasteiger partial charge in [-0.3, -0.25) is 4.72 Å². The molecular formula is C14H14N2O3S2. The van der Waals surface area contributed by atoms with Crippen molar-refractivity contribution in [1.29, 1.82) is 0 Å². The molecule has 2 heterocycles. The van der Waals surface area contributed by atoms with Crippen molar-refractivity contribution >= 4 is 38.1 Å². The van der Waals surface area contributed by atoms with Crippen molar-refractivity contribution in [3.63, 3.8) is 0 Å². The first-order valence-corrected chi connectivity index (χ1v) is 8.76. The number of oxazole rings is 1. The fraction of sp³-hybridized carbons (Fsp3) is 0.214. The third kappa shape index (κ3) is 2.79. The van der Waals surface area contributed by atoms with Gasteiger partial charge in [0.1, 0.15) is 9.73 Å². The molecule has 1 aromatic carbocycles. The molecule has 0 bridgehead atoms. The van der Waals surface area contributed by atoms with E-state index in [1.165, 1.54) is 11.3 Å². The Hall–Kier alpha value is -1.86. The lowest BCUT2D eigenvalue weighted by Gasteiger charge is -2.05. The van der Waals surface area contributed by atoms with Crippen molar-refractivity contribution in [2.45, 2.75) is 24.5 Å². The van der Waals surface area contributed by atoms with Gasteiger partial charge in [-0.05, 0) is 36.8 Å². The minimum atomic E-state index is -3.55. The van der Waals surface area contributed by atoms with E-state index in [1.54, 1.807) is 31.2 Å². The third-order valence-electron chi connectivity index (χ3n) is 3.00. The Morgan fingerprint density at radius 3 is 2.81 bits per heavy atom. The monoisotopic (exact) mass is 322 g/mol. The molecule has 3 aromatic rings. The number of hydrogen-bond acceptors (Lipinski definition) is 5. The summed E-state index contributed by atoms with van der Waals surface area (Å²) in [7, 11) is -3.55. The quantitative estimate of drug-likeness (QED) is 0.797. The SMILES string of the molecule is CCc1ccc(S(=O)(=O)Nc2ccc3oc(C)nc3c2)s1. The number of aromatic nitrogens is 1. The van der Waals surface area contributed by atoms with Gasteiger partial charge in [0.2, 0.25) is 0 Å². The van der Waals surface area contributed by atoms with Crippen molar-refractivity contribution in [3.8, 4) is 0 Å². The maximum Gasteiger partial charge on any atom is 0.271 e. The summed E-state index contributed by atoms with van der Waals surface area (Å²) in [6.07, 6.45) is 0.824. The second-order valence-electron chi connectivity index (χ2n) is 4.60. The number of benzene rings is 1. The van der Waals surface area contributed by atoms with Crippen LogP contribution in [0.5, 0.6) is 0 Å². The molecule has 0 unspecified atom stereocenters. The molecule has 0 atom stereocenters. The van der Waals surface area contributed by atoms with E-state index in [1.807, 2.05) is 13.0 Å². The normalized spacial score (nSPS) is 11.9. The van der Waals surface area contributed by atoms with Crippen LogP contribution in [0.15, 0.2) is 39.0 Å². The standard InChI is InChI=1S/C14H14N2O3S2/c1-3-11-5-7-14(20-11)21(17,18)16-10-4-6-13-12(8-10)15-9(2)19-13/h4-8,16H,3H2,1-2H3. The number of anilines is 1. The highest BCUT2D eigenvalue weighted by Gasteiger charge is 2.17. The minimum Gasteiger partial charge on any atom is -0.441 e. The van der Waals surface area contributed by atoms with Gasteiger partial charge >= 0.3 is 0 Å². The lowest BCUT2D eigenvalue weighted by molar-refractivity contribution is 0.561. The summed E-state index contributed by atoms with van der Waals surface area (Å²) < 4.78 is 32.9. The van der Waals surface area contributed by atoms with Crippen LogP contribution in [0.1, 0.15) is 17.7 Å². The number of nitrogens with one attached hydrogen (secondary N) is 1. The highest BCUT2D eigenvalue weighted by atomic mass is 32.2. The number of thiophene rings is 1. The summed E-state index contributed by atoms with van der Waals surface area (Å²) in [6.45, 7) is 3.75. The highest BCUT2D eigenvalue weighted by molar-refractivity contribution is 7.94. The summed E-state index contributed by atoms with van der Waals surface area (Å²) >= 11 is 1.28. The number of fused-ring (bicyclic) bond motifs is 1. The van der Waals surface area contributed by atoms with Crippen molar-refractivity contribution in [2.75, 3.05) is 4.72 Å². The van der Waals surface area contributed by atoms with E-state index in [9.17, 15) is 8.42 Å². The Morgan fingerprint density at radius 1 is 1.29 bits per heavy atom. The smallest absolute Gasteiger partial charge is 0.271 e.